The van der Waals surface area contributed by atoms with E-state index in [0.717, 1.165) is 0 Å². The maximum absolute atomic E-state index is 14.9. The summed E-state index contributed by atoms with van der Waals surface area (Å²) in [5.41, 5.74) is 1.86. The molecule has 3 heterocycles. The number of benzene rings is 2. The van der Waals surface area contributed by atoms with Gasteiger partial charge in [-0.15, -0.1) is 0 Å². The molecule has 0 bridgehead atoms. The van der Waals surface area contributed by atoms with Crippen molar-refractivity contribution in [3.8, 4) is 11.3 Å². The average Bonchev–Trinajstić information content (AvgIpc) is 3.64. The number of nitrogens with zero attached hydrogens (tertiary/aromatic N) is 1. The molecule has 5 rings (SSSR count). The zero-order valence-electron chi connectivity index (χ0n) is 18.1. The van der Waals surface area contributed by atoms with Crippen molar-refractivity contribution in [3.05, 3.63) is 77.9 Å². The number of nitrogens with one attached hydrogen (secondary N) is 4. The second kappa shape index (κ2) is 9.03. The van der Waals surface area contributed by atoms with E-state index in [1.54, 1.807) is 48.7 Å². The predicted molar refractivity (Wildman–Crippen MR) is 124 cm³/mol. The topological polar surface area (TPSA) is 120 Å². The van der Waals surface area contributed by atoms with Crippen LogP contribution in [0.15, 0.2) is 60.9 Å². The maximum atomic E-state index is 14.9. The number of H-pyrrole nitrogens is 2. The molecular formula is C25H22FN5O3. The number of ketones is 2. The van der Waals surface area contributed by atoms with Gasteiger partial charge in [0, 0.05) is 41.4 Å². The number of hydrogen-bond acceptors (Lipinski definition) is 5. The number of aromatic nitrogens is 3. The smallest absolute Gasteiger partial charge is 0.251 e. The molecule has 0 aliphatic carbocycles. The molecule has 172 valence electrons. The van der Waals surface area contributed by atoms with E-state index in [0.29, 0.717) is 41.8 Å². The summed E-state index contributed by atoms with van der Waals surface area (Å²) in [6.45, 7) is 1.17. The van der Waals surface area contributed by atoms with E-state index < -0.39 is 29.3 Å². The Bertz CT molecular complexity index is 1360. The van der Waals surface area contributed by atoms with Crippen LogP contribution >= 0.6 is 0 Å². The number of hydrogen-bond donors (Lipinski definition) is 4. The number of aromatic amines is 2. The molecule has 1 aliphatic rings. The molecule has 4 aromatic rings. The summed E-state index contributed by atoms with van der Waals surface area (Å²) in [5.74, 6) is -2.94. The van der Waals surface area contributed by atoms with Crippen molar-refractivity contribution < 1.29 is 18.8 Å². The van der Waals surface area contributed by atoms with Gasteiger partial charge in [0.2, 0.25) is 11.6 Å². The van der Waals surface area contributed by atoms with E-state index in [2.05, 4.69) is 25.8 Å². The van der Waals surface area contributed by atoms with Crippen molar-refractivity contribution in [1.82, 2.24) is 25.8 Å². The second-order valence-electron chi connectivity index (χ2n) is 8.27. The van der Waals surface area contributed by atoms with Crippen molar-refractivity contribution in [1.29, 1.82) is 0 Å². The molecule has 0 saturated carbocycles. The minimum absolute atomic E-state index is 0.0246. The van der Waals surface area contributed by atoms with Gasteiger partial charge < -0.3 is 15.6 Å². The van der Waals surface area contributed by atoms with Gasteiger partial charge in [0.15, 0.2) is 0 Å². The van der Waals surface area contributed by atoms with Crippen molar-refractivity contribution in [2.45, 2.75) is 12.5 Å². The van der Waals surface area contributed by atoms with E-state index in [1.165, 1.54) is 12.3 Å². The summed E-state index contributed by atoms with van der Waals surface area (Å²) < 4.78 is 14.9. The number of fused-ring (bicyclic) bond motifs is 1. The zero-order chi connectivity index (χ0) is 23.7. The summed E-state index contributed by atoms with van der Waals surface area (Å²) in [5, 5.41) is 12.8. The van der Waals surface area contributed by atoms with E-state index in [-0.39, 0.29) is 16.9 Å². The third kappa shape index (κ3) is 3.90. The average molecular weight is 459 g/mol. The normalized spacial score (nSPS) is 16.4. The summed E-state index contributed by atoms with van der Waals surface area (Å²) in [6.07, 6.45) is 3.61. The van der Waals surface area contributed by atoms with Crippen LogP contribution in [0.4, 0.5) is 4.39 Å². The molecule has 2 unspecified atom stereocenters. The van der Waals surface area contributed by atoms with Crippen LogP contribution in [0, 0.1) is 11.7 Å². The van der Waals surface area contributed by atoms with Crippen LogP contribution in [0.3, 0.4) is 0 Å². The Labute approximate surface area is 193 Å². The fourth-order valence-electron chi connectivity index (χ4n) is 4.46. The van der Waals surface area contributed by atoms with Gasteiger partial charge in [-0.3, -0.25) is 19.5 Å². The molecule has 0 radical (unpaired) electrons. The van der Waals surface area contributed by atoms with E-state index in [1.807, 2.05) is 0 Å². The summed E-state index contributed by atoms with van der Waals surface area (Å²) in [4.78, 5) is 42.5. The van der Waals surface area contributed by atoms with Crippen LogP contribution in [0.2, 0.25) is 0 Å². The van der Waals surface area contributed by atoms with Crippen LogP contribution in [-0.2, 0) is 4.79 Å². The number of halogens is 1. The lowest BCUT2D eigenvalue weighted by atomic mass is 9.90. The van der Waals surface area contributed by atoms with Gasteiger partial charge in [0.1, 0.15) is 11.9 Å². The Kier molecular flexibility index (Phi) is 5.77. The molecule has 34 heavy (non-hydrogen) atoms. The van der Waals surface area contributed by atoms with Crippen molar-refractivity contribution in [3.63, 3.8) is 0 Å². The van der Waals surface area contributed by atoms with Crippen LogP contribution in [0.1, 0.15) is 27.1 Å². The lowest BCUT2D eigenvalue weighted by Crippen LogP contribution is -2.49. The van der Waals surface area contributed by atoms with Gasteiger partial charge in [0.25, 0.3) is 5.91 Å². The minimum atomic E-state index is -1.03. The third-order valence-electron chi connectivity index (χ3n) is 6.20. The Morgan fingerprint density at radius 2 is 1.91 bits per heavy atom. The Hall–Kier alpha value is -4.11. The molecule has 0 spiro atoms. The second-order valence-corrected chi connectivity index (χ2v) is 8.27. The van der Waals surface area contributed by atoms with Gasteiger partial charge in [-0.05, 0) is 43.3 Å². The number of amides is 1. The molecule has 2 atom stereocenters. The molecule has 4 N–H and O–H groups in total. The Morgan fingerprint density at radius 3 is 2.62 bits per heavy atom. The molecule has 1 fully saturated rings. The lowest BCUT2D eigenvalue weighted by molar-refractivity contribution is -0.117. The van der Waals surface area contributed by atoms with Gasteiger partial charge in [-0.2, -0.15) is 5.10 Å². The highest BCUT2D eigenvalue weighted by atomic mass is 19.1. The van der Waals surface area contributed by atoms with Crippen LogP contribution in [-0.4, -0.2) is 51.8 Å². The van der Waals surface area contributed by atoms with Crippen LogP contribution < -0.4 is 10.6 Å². The monoisotopic (exact) mass is 459 g/mol. The Balaban J connectivity index is 1.49. The number of rotatable bonds is 7. The minimum Gasteiger partial charge on any atom is -0.360 e. The third-order valence-corrected chi connectivity index (χ3v) is 6.20. The Morgan fingerprint density at radius 1 is 1.09 bits per heavy atom. The standard InChI is InChI=1S/C25H22FN5O3/c26-18-7-6-16(19-9-11-29-31-19)22-20(18)17(13-28-22)23(32)24(33)21(15-8-10-27-12-15)30-25(34)14-4-2-1-3-5-14/h1-7,9,11,13,15,21,27-28H,8,10,12H2,(H,29,31)(H,30,34). The molecule has 1 amide bonds. The summed E-state index contributed by atoms with van der Waals surface area (Å²) >= 11 is 0. The molecular weight excluding hydrogens is 437 g/mol. The summed E-state index contributed by atoms with van der Waals surface area (Å²) in [7, 11) is 0. The first kappa shape index (κ1) is 21.7. The quantitative estimate of drug-likeness (QED) is 0.250. The first-order chi connectivity index (χ1) is 16.5. The van der Waals surface area contributed by atoms with Crippen molar-refractivity contribution >= 4 is 28.4 Å². The molecule has 1 saturated heterocycles. The van der Waals surface area contributed by atoms with E-state index >= 15 is 0 Å². The largest absolute Gasteiger partial charge is 0.360 e. The van der Waals surface area contributed by atoms with Gasteiger partial charge in [-0.1, -0.05) is 18.2 Å². The van der Waals surface area contributed by atoms with Gasteiger partial charge in [0.05, 0.1) is 16.8 Å². The number of carbonyl (C=O) groups is 3. The highest BCUT2D eigenvalue weighted by Gasteiger charge is 2.37. The number of Topliss-reactive ketones (excluding diaryl/α,β-unsaturated/α-hetero) is 2. The van der Waals surface area contributed by atoms with E-state index in [9.17, 15) is 18.8 Å². The SMILES string of the molecule is O=C(NC(C(=O)C(=O)c1c[nH]c2c(-c3cc[nH]n3)ccc(F)c12)C1CCNC1)c1ccccc1. The molecule has 2 aromatic carbocycles. The molecule has 2 aromatic heterocycles. The van der Waals surface area contributed by atoms with Crippen LogP contribution in [0.5, 0.6) is 0 Å². The highest BCUT2D eigenvalue weighted by Crippen LogP contribution is 2.31. The van der Waals surface area contributed by atoms with Crippen molar-refractivity contribution in [2.75, 3.05) is 13.1 Å². The molecule has 9 heteroatoms. The highest BCUT2D eigenvalue weighted by molar-refractivity contribution is 6.47. The maximum Gasteiger partial charge on any atom is 0.251 e. The number of carbonyl (C=O) groups excluding carboxylic acids is 3. The fourth-order valence-corrected chi connectivity index (χ4v) is 4.46. The summed E-state index contributed by atoms with van der Waals surface area (Å²) in [6, 6.07) is 12.0. The van der Waals surface area contributed by atoms with Crippen LogP contribution in [0.25, 0.3) is 22.2 Å². The van der Waals surface area contributed by atoms with Gasteiger partial charge >= 0.3 is 0 Å². The fraction of sp³-hybridized carbons (Fsp3) is 0.200. The first-order valence-electron chi connectivity index (χ1n) is 11.0. The lowest BCUT2D eigenvalue weighted by Gasteiger charge is -2.22. The molecule has 8 nitrogen and oxygen atoms in total. The van der Waals surface area contributed by atoms with E-state index in [4.69, 9.17) is 0 Å². The van der Waals surface area contributed by atoms with Gasteiger partial charge in [-0.25, -0.2) is 4.39 Å². The zero-order valence-corrected chi connectivity index (χ0v) is 18.1. The molecule has 1 aliphatic heterocycles. The first-order valence-corrected chi connectivity index (χ1v) is 11.0. The predicted octanol–water partition coefficient (Wildman–Crippen LogP) is 2.86. The van der Waals surface area contributed by atoms with Crippen molar-refractivity contribution in [2.24, 2.45) is 5.92 Å².